The van der Waals surface area contributed by atoms with Crippen LogP contribution in [0, 0.1) is 11.6 Å². The Hall–Kier alpha value is -2.27. The molecule has 6 heteroatoms. The van der Waals surface area contributed by atoms with Gasteiger partial charge >= 0.3 is 0 Å². The Labute approximate surface area is 118 Å². The van der Waals surface area contributed by atoms with E-state index in [1.807, 2.05) is 0 Å². The fourth-order valence-corrected chi connectivity index (χ4v) is 2.04. The summed E-state index contributed by atoms with van der Waals surface area (Å²) in [5.41, 5.74) is 1.02. The van der Waals surface area contributed by atoms with Crippen LogP contribution < -0.4 is 5.32 Å². The highest BCUT2D eigenvalue weighted by Gasteiger charge is 2.09. The molecule has 2 aromatic carbocycles. The zero-order valence-electron chi connectivity index (χ0n) is 10.1. The fraction of sp³-hybridized carbons (Fsp3) is 0. The van der Waals surface area contributed by atoms with Gasteiger partial charge in [-0.3, -0.25) is 0 Å². The summed E-state index contributed by atoms with van der Waals surface area (Å²) < 4.78 is 26.5. The molecular formula is C14H8ClF2N3. The zero-order valence-corrected chi connectivity index (χ0v) is 10.8. The summed E-state index contributed by atoms with van der Waals surface area (Å²) in [7, 11) is 0. The van der Waals surface area contributed by atoms with E-state index in [2.05, 4.69) is 15.3 Å². The molecule has 0 fully saturated rings. The number of benzene rings is 2. The molecule has 3 nitrogen and oxygen atoms in total. The third-order valence-electron chi connectivity index (χ3n) is 2.76. The SMILES string of the molecule is Fc1cc2ncnc(Nc3cccc(Cl)c3)c2cc1F. The largest absolute Gasteiger partial charge is 0.340 e. The second kappa shape index (κ2) is 5.02. The van der Waals surface area contributed by atoms with Crippen molar-refractivity contribution in [1.29, 1.82) is 0 Å². The van der Waals surface area contributed by atoms with Crippen LogP contribution >= 0.6 is 11.6 Å². The number of fused-ring (bicyclic) bond motifs is 1. The van der Waals surface area contributed by atoms with Crippen LogP contribution in [0.3, 0.4) is 0 Å². The van der Waals surface area contributed by atoms with E-state index >= 15 is 0 Å². The van der Waals surface area contributed by atoms with Crippen molar-refractivity contribution >= 4 is 34.0 Å². The number of aromatic nitrogens is 2. The maximum Gasteiger partial charge on any atom is 0.161 e. The number of hydrogen-bond acceptors (Lipinski definition) is 3. The van der Waals surface area contributed by atoms with Crippen molar-refractivity contribution in [3.8, 4) is 0 Å². The van der Waals surface area contributed by atoms with E-state index in [0.717, 1.165) is 12.1 Å². The Morgan fingerprint density at radius 2 is 1.80 bits per heavy atom. The lowest BCUT2D eigenvalue weighted by molar-refractivity contribution is 0.510. The van der Waals surface area contributed by atoms with Gasteiger partial charge in [-0.05, 0) is 24.3 Å². The molecule has 0 aliphatic rings. The quantitative estimate of drug-likeness (QED) is 0.765. The molecule has 0 spiro atoms. The second-order valence-electron chi connectivity index (χ2n) is 4.14. The van der Waals surface area contributed by atoms with Crippen LogP contribution in [0.4, 0.5) is 20.3 Å². The predicted molar refractivity (Wildman–Crippen MR) is 74.2 cm³/mol. The first-order chi connectivity index (χ1) is 9.63. The Kier molecular flexibility index (Phi) is 3.20. The first-order valence-corrected chi connectivity index (χ1v) is 6.13. The van der Waals surface area contributed by atoms with E-state index in [0.29, 0.717) is 27.4 Å². The van der Waals surface area contributed by atoms with Crippen molar-refractivity contribution in [2.45, 2.75) is 0 Å². The van der Waals surface area contributed by atoms with Crippen molar-refractivity contribution in [3.63, 3.8) is 0 Å². The van der Waals surface area contributed by atoms with Crippen LogP contribution in [0.2, 0.25) is 5.02 Å². The van der Waals surface area contributed by atoms with E-state index < -0.39 is 11.6 Å². The molecule has 1 heterocycles. The summed E-state index contributed by atoms with van der Waals surface area (Å²) >= 11 is 5.89. The molecule has 0 amide bonds. The number of nitrogens with zero attached hydrogens (tertiary/aromatic N) is 2. The molecule has 1 aromatic heterocycles. The highest BCUT2D eigenvalue weighted by atomic mass is 35.5. The number of halogens is 3. The van der Waals surface area contributed by atoms with Crippen molar-refractivity contribution in [1.82, 2.24) is 9.97 Å². The molecule has 0 unspecified atom stereocenters. The molecule has 0 aliphatic carbocycles. The minimum Gasteiger partial charge on any atom is -0.340 e. The summed E-state index contributed by atoms with van der Waals surface area (Å²) in [5, 5.41) is 3.97. The van der Waals surface area contributed by atoms with Gasteiger partial charge in [0, 0.05) is 22.2 Å². The maximum atomic E-state index is 13.4. The smallest absolute Gasteiger partial charge is 0.161 e. The van der Waals surface area contributed by atoms with Crippen molar-refractivity contribution in [3.05, 3.63) is 59.4 Å². The van der Waals surface area contributed by atoms with Gasteiger partial charge in [-0.2, -0.15) is 0 Å². The van der Waals surface area contributed by atoms with Gasteiger partial charge in [-0.15, -0.1) is 0 Å². The van der Waals surface area contributed by atoms with Crippen LogP contribution in [0.15, 0.2) is 42.7 Å². The van der Waals surface area contributed by atoms with Crippen molar-refractivity contribution < 1.29 is 8.78 Å². The lowest BCUT2D eigenvalue weighted by Gasteiger charge is -2.08. The summed E-state index contributed by atoms with van der Waals surface area (Å²) in [6.45, 7) is 0. The van der Waals surface area contributed by atoms with Gasteiger partial charge in [-0.1, -0.05) is 17.7 Å². The standard InChI is InChI=1S/C14H8ClF2N3/c15-8-2-1-3-9(4-8)20-14-10-5-11(16)12(17)6-13(10)18-7-19-14/h1-7H,(H,18,19,20). The topological polar surface area (TPSA) is 37.8 Å². The molecule has 0 aliphatic heterocycles. The molecule has 3 aromatic rings. The highest BCUT2D eigenvalue weighted by molar-refractivity contribution is 6.30. The molecule has 100 valence electrons. The first kappa shape index (κ1) is 12.7. The van der Waals surface area contributed by atoms with Gasteiger partial charge in [0.25, 0.3) is 0 Å². The number of hydrogen-bond donors (Lipinski definition) is 1. The van der Waals surface area contributed by atoms with Crippen LogP contribution in [0.25, 0.3) is 10.9 Å². The monoisotopic (exact) mass is 291 g/mol. The average molecular weight is 292 g/mol. The van der Waals surface area contributed by atoms with Gasteiger partial charge in [0.2, 0.25) is 0 Å². The van der Waals surface area contributed by atoms with Crippen molar-refractivity contribution in [2.75, 3.05) is 5.32 Å². The molecular weight excluding hydrogens is 284 g/mol. The van der Waals surface area contributed by atoms with Crippen molar-refractivity contribution in [2.24, 2.45) is 0 Å². The first-order valence-electron chi connectivity index (χ1n) is 5.76. The summed E-state index contributed by atoms with van der Waals surface area (Å²) in [5.74, 6) is -1.50. The van der Waals surface area contributed by atoms with Gasteiger partial charge < -0.3 is 5.32 Å². The maximum absolute atomic E-state index is 13.4. The van der Waals surface area contributed by atoms with Crippen LogP contribution in [-0.2, 0) is 0 Å². The molecule has 0 saturated heterocycles. The van der Waals surface area contributed by atoms with E-state index in [1.54, 1.807) is 24.3 Å². The lowest BCUT2D eigenvalue weighted by atomic mass is 10.2. The van der Waals surface area contributed by atoms with Crippen LogP contribution in [0.1, 0.15) is 0 Å². The Bertz CT molecular complexity index is 792. The van der Waals surface area contributed by atoms with Gasteiger partial charge in [-0.25, -0.2) is 18.7 Å². The molecule has 0 atom stereocenters. The zero-order chi connectivity index (χ0) is 14.1. The predicted octanol–water partition coefficient (Wildman–Crippen LogP) is 4.31. The third-order valence-corrected chi connectivity index (χ3v) is 3.00. The average Bonchev–Trinajstić information content (AvgIpc) is 2.41. The van der Waals surface area contributed by atoms with E-state index in [9.17, 15) is 8.78 Å². The van der Waals surface area contributed by atoms with Crippen LogP contribution in [0.5, 0.6) is 0 Å². The van der Waals surface area contributed by atoms with E-state index in [-0.39, 0.29) is 0 Å². The Morgan fingerprint density at radius 3 is 2.60 bits per heavy atom. The molecule has 0 saturated carbocycles. The third kappa shape index (κ3) is 2.40. The Balaban J connectivity index is 2.09. The number of rotatable bonds is 2. The number of nitrogens with one attached hydrogen (secondary N) is 1. The van der Waals surface area contributed by atoms with Crippen LogP contribution in [-0.4, -0.2) is 9.97 Å². The minimum absolute atomic E-state index is 0.323. The lowest BCUT2D eigenvalue weighted by Crippen LogP contribution is -1.97. The fourth-order valence-electron chi connectivity index (χ4n) is 1.85. The van der Waals surface area contributed by atoms with E-state index in [4.69, 9.17) is 11.6 Å². The molecule has 20 heavy (non-hydrogen) atoms. The second-order valence-corrected chi connectivity index (χ2v) is 4.58. The summed E-state index contributed by atoms with van der Waals surface area (Å²) in [6, 6.07) is 9.11. The molecule has 1 N–H and O–H groups in total. The normalized spacial score (nSPS) is 10.8. The molecule has 3 rings (SSSR count). The number of anilines is 2. The molecule has 0 radical (unpaired) electrons. The summed E-state index contributed by atoms with van der Waals surface area (Å²) in [4.78, 5) is 7.97. The van der Waals surface area contributed by atoms with E-state index in [1.165, 1.54) is 6.33 Å². The Morgan fingerprint density at radius 1 is 1.00 bits per heavy atom. The van der Waals surface area contributed by atoms with Gasteiger partial charge in [0.15, 0.2) is 11.6 Å². The minimum atomic E-state index is -0.943. The summed E-state index contributed by atoms with van der Waals surface area (Å²) in [6.07, 6.45) is 1.28. The van der Waals surface area contributed by atoms with Gasteiger partial charge in [0.1, 0.15) is 12.1 Å². The van der Waals surface area contributed by atoms with Gasteiger partial charge in [0.05, 0.1) is 5.52 Å². The molecule has 0 bridgehead atoms. The highest BCUT2D eigenvalue weighted by Crippen LogP contribution is 2.26.